The number of carbonyl (C=O) groups is 1. The molecule has 0 heterocycles. The van der Waals surface area contributed by atoms with Crippen LogP contribution in [0.3, 0.4) is 0 Å². The minimum absolute atomic E-state index is 0.0853. The van der Waals surface area contributed by atoms with Crippen molar-refractivity contribution in [2.24, 2.45) is 0 Å². The Kier molecular flexibility index (Phi) is 11.2. The van der Waals surface area contributed by atoms with E-state index in [1.807, 2.05) is 0 Å². The first-order chi connectivity index (χ1) is 12.8. The minimum Gasteiger partial charge on any atom is -0.478 e. The topological polar surface area (TPSA) is 104 Å². The second-order valence-corrected chi connectivity index (χ2v) is 8.89. The van der Waals surface area contributed by atoms with E-state index in [2.05, 4.69) is 11.6 Å². The van der Waals surface area contributed by atoms with Crippen molar-refractivity contribution in [2.75, 3.05) is 12.3 Å². The number of benzene rings is 1. The van der Waals surface area contributed by atoms with Gasteiger partial charge in [-0.2, -0.15) is 0 Å². The summed E-state index contributed by atoms with van der Waals surface area (Å²) in [6, 6.07) is 6.62. The molecule has 27 heavy (non-hydrogen) atoms. The molecule has 0 amide bonds. The summed E-state index contributed by atoms with van der Waals surface area (Å²) in [5, 5.41) is 18.7. The lowest BCUT2D eigenvalue weighted by atomic mass is 10.1. The van der Waals surface area contributed by atoms with Crippen LogP contribution in [0.2, 0.25) is 0 Å². The highest BCUT2D eigenvalue weighted by molar-refractivity contribution is 7.89. The molecule has 7 heteroatoms. The maximum Gasteiger partial charge on any atom is 0.335 e. The first-order valence-electron chi connectivity index (χ1n) is 9.81. The fourth-order valence-electron chi connectivity index (χ4n) is 2.85. The first-order valence-corrected chi connectivity index (χ1v) is 11.5. The van der Waals surface area contributed by atoms with Gasteiger partial charge in [0, 0.05) is 6.54 Å². The van der Waals surface area contributed by atoms with Crippen LogP contribution in [0.1, 0.15) is 74.2 Å². The zero-order valence-corrected chi connectivity index (χ0v) is 17.0. The van der Waals surface area contributed by atoms with Gasteiger partial charge >= 0.3 is 5.97 Å². The molecular formula is C20H33NO5S. The molecule has 0 aliphatic carbocycles. The number of sulfonamides is 1. The molecule has 0 aliphatic rings. The second-order valence-electron chi connectivity index (χ2n) is 6.96. The number of aryl methyl sites for hydroxylation is 1. The lowest BCUT2D eigenvalue weighted by molar-refractivity contribution is 0.0697. The van der Waals surface area contributed by atoms with E-state index in [9.17, 15) is 18.3 Å². The number of carboxylic acid groups (broad SMARTS) is 1. The van der Waals surface area contributed by atoms with Crippen molar-refractivity contribution >= 4 is 16.0 Å². The zero-order valence-electron chi connectivity index (χ0n) is 16.2. The number of hydrogen-bond acceptors (Lipinski definition) is 4. The number of rotatable bonds is 15. The largest absolute Gasteiger partial charge is 0.478 e. The number of aromatic carboxylic acids is 1. The van der Waals surface area contributed by atoms with E-state index in [4.69, 9.17) is 5.11 Å². The number of carboxylic acids is 1. The summed E-state index contributed by atoms with van der Waals surface area (Å²) >= 11 is 0. The summed E-state index contributed by atoms with van der Waals surface area (Å²) < 4.78 is 26.6. The molecule has 0 radical (unpaired) electrons. The fraction of sp³-hybridized carbons (Fsp3) is 0.650. The smallest absolute Gasteiger partial charge is 0.335 e. The van der Waals surface area contributed by atoms with Crippen molar-refractivity contribution in [1.82, 2.24) is 4.72 Å². The highest BCUT2D eigenvalue weighted by atomic mass is 32.2. The van der Waals surface area contributed by atoms with Gasteiger partial charge in [-0.15, -0.1) is 0 Å². The average molecular weight is 400 g/mol. The van der Waals surface area contributed by atoms with Crippen LogP contribution in [-0.2, 0) is 16.4 Å². The monoisotopic (exact) mass is 399 g/mol. The van der Waals surface area contributed by atoms with E-state index in [0.29, 0.717) is 38.6 Å². The van der Waals surface area contributed by atoms with Gasteiger partial charge in [0.05, 0.1) is 17.4 Å². The third-order valence-corrected chi connectivity index (χ3v) is 5.98. The molecule has 1 aromatic carbocycles. The molecule has 0 fully saturated rings. The van der Waals surface area contributed by atoms with Gasteiger partial charge in [-0.3, -0.25) is 0 Å². The van der Waals surface area contributed by atoms with Gasteiger partial charge in [0.2, 0.25) is 10.0 Å². The van der Waals surface area contributed by atoms with E-state index in [-0.39, 0.29) is 17.4 Å². The molecular weight excluding hydrogens is 366 g/mol. The van der Waals surface area contributed by atoms with Gasteiger partial charge in [0.15, 0.2) is 0 Å². The minimum atomic E-state index is -3.28. The van der Waals surface area contributed by atoms with Crippen LogP contribution in [0.25, 0.3) is 0 Å². The third kappa shape index (κ3) is 11.1. The molecule has 3 N–H and O–H groups in total. The first kappa shape index (κ1) is 23.6. The molecule has 0 aromatic heterocycles. The summed E-state index contributed by atoms with van der Waals surface area (Å²) in [7, 11) is -3.28. The Morgan fingerprint density at radius 2 is 1.67 bits per heavy atom. The molecule has 0 aliphatic heterocycles. The van der Waals surface area contributed by atoms with Crippen molar-refractivity contribution in [3.63, 3.8) is 0 Å². The standard InChI is InChI=1S/C20H33NO5S/c1-2-3-4-9-19(22)10-5-6-16-27(25,26)21-15-7-8-17-11-13-18(14-12-17)20(23)24/h11-14,19,21-22H,2-10,15-16H2,1H3,(H,23,24). The Labute approximate surface area is 163 Å². The second kappa shape index (κ2) is 12.9. The summed E-state index contributed by atoms with van der Waals surface area (Å²) in [6.07, 6.45) is 7.02. The fourth-order valence-corrected chi connectivity index (χ4v) is 4.04. The summed E-state index contributed by atoms with van der Waals surface area (Å²) in [5.74, 6) is -0.870. The maximum absolute atomic E-state index is 12.0. The molecule has 1 atom stereocenters. The van der Waals surface area contributed by atoms with Crippen LogP contribution in [0.4, 0.5) is 0 Å². The highest BCUT2D eigenvalue weighted by Gasteiger charge is 2.10. The van der Waals surface area contributed by atoms with Gasteiger partial charge in [0.1, 0.15) is 0 Å². The Balaban J connectivity index is 2.15. The summed E-state index contributed by atoms with van der Waals surface area (Å²) in [4.78, 5) is 10.8. The molecule has 6 nitrogen and oxygen atoms in total. The van der Waals surface area contributed by atoms with Gasteiger partial charge in [-0.25, -0.2) is 17.9 Å². The zero-order chi connectivity index (χ0) is 20.1. The molecule has 1 aromatic rings. The maximum atomic E-state index is 12.0. The molecule has 1 unspecified atom stereocenters. The van der Waals surface area contributed by atoms with Crippen LogP contribution in [0.15, 0.2) is 24.3 Å². The molecule has 1 rings (SSSR count). The molecule has 0 spiro atoms. The SMILES string of the molecule is CCCCCC(O)CCCCS(=O)(=O)NCCCc1ccc(C(=O)O)cc1. The number of nitrogens with one attached hydrogen (secondary N) is 1. The molecule has 0 saturated carbocycles. The van der Waals surface area contributed by atoms with Crippen molar-refractivity contribution in [2.45, 2.75) is 70.8 Å². The van der Waals surface area contributed by atoms with Crippen molar-refractivity contribution in [3.05, 3.63) is 35.4 Å². The highest BCUT2D eigenvalue weighted by Crippen LogP contribution is 2.10. The lowest BCUT2D eigenvalue weighted by Gasteiger charge is -2.10. The van der Waals surface area contributed by atoms with E-state index in [1.54, 1.807) is 24.3 Å². The third-order valence-electron chi connectivity index (χ3n) is 4.51. The van der Waals surface area contributed by atoms with Crippen molar-refractivity contribution in [3.8, 4) is 0 Å². The van der Waals surface area contributed by atoms with Crippen molar-refractivity contribution in [1.29, 1.82) is 0 Å². The predicted molar refractivity (Wildman–Crippen MR) is 108 cm³/mol. The van der Waals surface area contributed by atoms with Gasteiger partial charge in [-0.05, 0) is 56.2 Å². The Bertz CT molecular complexity index is 643. The molecule has 0 saturated heterocycles. The Morgan fingerprint density at radius 1 is 1.04 bits per heavy atom. The molecule has 0 bridgehead atoms. The van der Waals surface area contributed by atoms with Crippen LogP contribution in [-0.4, -0.2) is 43.0 Å². The number of aliphatic hydroxyl groups excluding tert-OH is 1. The normalized spacial score (nSPS) is 12.8. The molecule has 154 valence electrons. The van der Waals surface area contributed by atoms with Gasteiger partial charge in [0.25, 0.3) is 0 Å². The average Bonchev–Trinajstić information content (AvgIpc) is 2.63. The van der Waals surface area contributed by atoms with E-state index >= 15 is 0 Å². The number of unbranched alkanes of at least 4 members (excludes halogenated alkanes) is 3. The number of aliphatic hydroxyl groups is 1. The predicted octanol–water partition coefficient (Wildman–Crippen LogP) is 3.35. The van der Waals surface area contributed by atoms with Crippen LogP contribution in [0, 0.1) is 0 Å². The van der Waals surface area contributed by atoms with Gasteiger partial charge in [-0.1, -0.05) is 38.3 Å². The Morgan fingerprint density at radius 3 is 2.26 bits per heavy atom. The van der Waals surface area contributed by atoms with Crippen LogP contribution >= 0.6 is 0 Å². The Hall–Kier alpha value is -1.44. The summed E-state index contributed by atoms with van der Waals surface area (Å²) in [6.45, 7) is 2.49. The number of hydrogen-bond donors (Lipinski definition) is 3. The van der Waals surface area contributed by atoms with E-state index in [0.717, 1.165) is 31.2 Å². The van der Waals surface area contributed by atoms with E-state index in [1.165, 1.54) is 0 Å². The van der Waals surface area contributed by atoms with E-state index < -0.39 is 16.0 Å². The lowest BCUT2D eigenvalue weighted by Crippen LogP contribution is -2.27. The van der Waals surface area contributed by atoms with Crippen LogP contribution < -0.4 is 4.72 Å². The van der Waals surface area contributed by atoms with Crippen LogP contribution in [0.5, 0.6) is 0 Å². The van der Waals surface area contributed by atoms with Crippen molar-refractivity contribution < 1.29 is 23.4 Å². The summed E-state index contributed by atoms with van der Waals surface area (Å²) in [5.41, 5.74) is 1.23. The van der Waals surface area contributed by atoms with Gasteiger partial charge < -0.3 is 10.2 Å². The quantitative estimate of drug-likeness (QED) is 0.392.